The van der Waals surface area contributed by atoms with Crippen LogP contribution in [0.3, 0.4) is 0 Å². The van der Waals surface area contributed by atoms with Crippen molar-refractivity contribution in [3.05, 3.63) is 74.7 Å². The number of hydrogen-bond donors (Lipinski definition) is 1. The highest BCUT2D eigenvalue weighted by Gasteiger charge is 2.09. The number of anilines is 1. The Morgan fingerprint density at radius 1 is 1.12 bits per heavy atom. The quantitative estimate of drug-likeness (QED) is 0.443. The summed E-state index contributed by atoms with van der Waals surface area (Å²) < 4.78 is 3.03. The van der Waals surface area contributed by atoms with Crippen LogP contribution in [-0.2, 0) is 18.9 Å². The zero-order chi connectivity index (χ0) is 18.8. The summed E-state index contributed by atoms with van der Waals surface area (Å²) in [4.78, 5) is 34.3. The summed E-state index contributed by atoms with van der Waals surface area (Å²) in [6.45, 7) is 0. The van der Waals surface area contributed by atoms with Gasteiger partial charge in [0, 0.05) is 38.0 Å². The number of fused-ring (bicyclic) bond motifs is 1. The molecule has 26 heavy (non-hydrogen) atoms. The molecule has 0 radical (unpaired) electrons. The highest BCUT2D eigenvalue weighted by Crippen LogP contribution is 2.18. The zero-order valence-corrected chi connectivity index (χ0v) is 14.2. The van der Waals surface area contributed by atoms with Crippen LogP contribution in [0, 0.1) is 10.1 Å². The third kappa shape index (κ3) is 3.25. The van der Waals surface area contributed by atoms with Crippen LogP contribution in [0.5, 0.6) is 0 Å². The first kappa shape index (κ1) is 17.2. The average Bonchev–Trinajstić information content (AvgIpc) is 2.84. The lowest BCUT2D eigenvalue weighted by Crippen LogP contribution is -2.19. The Bertz CT molecular complexity index is 1110. The second-order valence-electron chi connectivity index (χ2n) is 5.78. The molecule has 0 bridgehead atoms. The molecule has 132 valence electrons. The number of carbonyl (C=O) groups excluding carboxylic acids is 1. The summed E-state index contributed by atoms with van der Waals surface area (Å²) in [5, 5.41) is 13.5. The number of nitro benzene ring substituents is 1. The second-order valence-corrected chi connectivity index (χ2v) is 5.78. The van der Waals surface area contributed by atoms with Crippen molar-refractivity contribution in [3.8, 4) is 0 Å². The maximum Gasteiger partial charge on any atom is 0.328 e. The predicted octanol–water partition coefficient (Wildman–Crippen LogP) is 2.44. The van der Waals surface area contributed by atoms with Gasteiger partial charge in [0.15, 0.2) is 0 Å². The van der Waals surface area contributed by atoms with Gasteiger partial charge in [-0.3, -0.25) is 24.0 Å². The van der Waals surface area contributed by atoms with Gasteiger partial charge in [-0.2, -0.15) is 0 Å². The molecule has 0 saturated heterocycles. The van der Waals surface area contributed by atoms with Crippen LogP contribution in [-0.4, -0.2) is 20.0 Å². The maximum absolute atomic E-state index is 12.1. The molecule has 1 amide bonds. The molecule has 3 rings (SSSR count). The van der Waals surface area contributed by atoms with Crippen LogP contribution in [0.15, 0.2) is 53.3 Å². The monoisotopic (exact) mass is 352 g/mol. The van der Waals surface area contributed by atoms with Gasteiger partial charge in [-0.1, -0.05) is 12.1 Å². The molecule has 0 aliphatic rings. The van der Waals surface area contributed by atoms with Gasteiger partial charge in [-0.05, 0) is 29.8 Å². The lowest BCUT2D eigenvalue weighted by molar-refractivity contribution is -0.384. The minimum Gasteiger partial charge on any atom is -0.322 e. The molecule has 0 aliphatic carbocycles. The van der Waals surface area contributed by atoms with E-state index in [2.05, 4.69) is 5.32 Å². The maximum atomic E-state index is 12.1. The highest BCUT2D eigenvalue weighted by atomic mass is 16.6. The van der Waals surface area contributed by atoms with E-state index in [-0.39, 0.29) is 17.3 Å². The molecule has 0 spiro atoms. The van der Waals surface area contributed by atoms with Crippen LogP contribution in [0.2, 0.25) is 0 Å². The fourth-order valence-corrected chi connectivity index (χ4v) is 2.68. The number of amides is 1. The lowest BCUT2D eigenvalue weighted by atomic mass is 10.2. The van der Waals surface area contributed by atoms with E-state index in [9.17, 15) is 19.7 Å². The van der Waals surface area contributed by atoms with Gasteiger partial charge < -0.3 is 5.32 Å². The molecule has 0 unspecified atom stereocenters. The van der Waals surface area contributed by atoms with E-state index in [1.807, 2.05) is 0 Å². The van der Waals surface area contributed by atoms with Gasteiger partial charge in [0.25, 0.3) is 5.69 Å². The van der Waals surface area contributed by atoms with E-state index in [0.717, 1.165) is 5.52 Å². The van der Waals surface area contributed by atoms with Crippen molar-refractivity contribution in [3.63, 3.8) is 0 Å². The van der Waals surface area contributed by atoms with Crippen molar-refractivity contribution in [1.29, 1.82) is 0 Å². The number of hydrogen-bond acceptors (Lipinski definition) is 4. The summed E-state index contributed by atoms with van der Waals surface area (Å²) in [5.41, 5.74) is 2.39. The SMILES string of the molecule is Cn1c(=O)n(C)c2cc(NC(=O)/C=C/c3cccc([N+](=O)[O-])c3)ccc21. The molecular weight excluding hydrogens is 336 g/mol. The van der Waals surface area contributed by atoms with Gasteiger partial charge in [-0.15, -0.1) is 0 Å². The van der Waals surface area contributed by atoms with E-state index in [0.29, 0.717) is 16.8 Å². The second kappa shape index (κ2) is 6.67. The molecule has 0 aliphatic heterocycles. The third-order valence-corrected chi connectivity index (χ3v) is 4.05. The molecule has 1 heterocycles. The van der Waals surface area contributed by atoms with E-state index in [1.54, 1.807) is 44.4 Å². The number of benzene rings is 2. The topological polar surface area (TPSA) is 99.2 Å². The number of aryl methyl sites for hydroxylation is 2. The molecular formula is C18H16N4O4. The number of rotatable bonds is 4. The van der Waals surface area contributed by atoms with E-state index < -0.39 is 4.92 Å². The van der Waals surface area contributed by atoms with Gasteiger partial charge in [0.2, 0.25) is 5.91 Å². The number of non-ortho nitro benzene ring substituents is 1. The zero-order valence-electron chi connectivity index (χ0n) is 14.2. The first-order valence-electron chi connectivity index (χ1n) is 7.76. The van der Waals surface area contributed by atoms with Crippen molar-refractivity contribution < 1.29 is 9.72 Å². The molecule has 0 atom stereocenters. The van der Waals surface area contributed by atoms with Crippen molar-refractivity contribution in [1.82, 2.24) is 9.13 Å². The van der Waals surface area contributed by atoms with Gasteiger partial charge in [0.05, 0.1) is 16.0 Å². The molecule has 2 aromatic carbocycles. The summed E-state index contributed by atoms with van der Waals surface area (Å²) >= 11 is 0. The number of carbonyl (C=O) groups is 1. The molecule has 3 aromatic rings. The Morgan fingerprint density at radius 3 is 2.58 bits per heavy atom. The van der Waals surface area contributed by atoms with Gasteiger partial charge >= 0.3 is 5.69 Å². The van der Waals surface area contributed by atoms with Crippen LogP contribution in [0.1, 0.15) is 5.56 Å². The number of nitrogens with one attached hydrogen (secondary N) is 1. The average molecular weight is 352 g/mol. The van der Waals surface area contributed by atoms with Crippen LogP contribution in [0.4, 0.5) is 11.4 Å². The van der Waals surface area contributed by atoms with Crippen LogP contribution >= 0.6 is 0 Å². The number of nitrogens with zero attached hydrogens (tertiary/aromatic N) is 3. The Hall–Kier alpha value is -3.68. The summed E-state index contributed by atoms with van der Waals surface area (Å²) in [7, 11) is 3.35. The highest BCUT2D eigenvalue weighted by molar-refractivity contribution is 6.02. The fourth-order valence-electron chi connectivity index (χ4n) is 2.68. The molecule has 1 aromatic heterocycles. The molecule has 1 N–H and O–H groups in total. The van der Waals surface area contributed by atoms with Crippen LogP contribution < -0.4 is 11.0 Å². The van der Waals surface area contributed by atoms with Crippen molar-refractivity contribution in [2.24, 2.45) is 14.1 Å². The fraction of sp³-hybridized carbons (Fsp3) is 0.111. The van der Waals surface area contributed by atoms with Crippen molar-refractivity contribution >= 4 is 34.4 Å². The number of aromatic nitrogens is 2. The van der Waals surface area contributed by atoms with Crippen molar-refractivity contribution in [2.45, 2.75) is 0 Å². The molecule has 0 saturated carbocycles. The first-order chi connectivity index (χ1) is 12.4. The Morgan fingerprint density at radius 2 is 1.85 bits per heavy atom. The number of imidazole rings is 1. The summed E-state index contributed by atoms with van der Waals surface area (Å²) in [5.74, 6) is -0.378. The van der Waals surface area contributed by atoms with E-state index in [4.69, 9.17) is 0 Å². The third-order valence-electron chi connectivity index (χ3n) is 4.05. The smallest absolute Gasteiger partial charge is 0.322 e. The molecule has 8 heteroatoms. The molecule has 0 fully saturated rings. The predicted molar refractivity (Wildman–Crippen MR) is 98.9 cm³/mol. The van der Waals surface area contributed by atoms with Crippen LogP contribution in [0.25, 0.3) is 17.1 Å². The minimum absolute atomic E-state index is 0.0389. The largest absolute Gasteiger partial charge is 0.328 e. The lowest BCUT2D eigenvalue weighted by Gasteiger charge is -2.03. The summed E-state index contributed by atoms with van der Waals surface area (Å²) in [6.07, 6.45) is 2.80. The standard InChI is InChI=1S/C18H16N4O4/c1-20-15-8-7-13(11-16(15)21(2)18(20)24)19-17(23)9-6-12-4-3-5-14(10-12)22(25)26/h3-11H,1-2H3,(H,19,23)/b9-6+. The van der Waals surface area contributed by atoms with Gasteiger partial charge in [0.1, 0.15) is 0 Å². The van der Waals surface area contributed by atoms with Crippen molar-refractivity contribution in [2.75, 3.05) is 5.32 Å². The first-order valence-corrected chi connectivity index (χ1v) is 7.76. The Kier molecular flexibility index (Phi) is 4.40. The normalized spacial score (nSPS) is 11.2. The van der Waals surface area contributed by atoms with E-state index >= 15 is 0 Å². The Labute approximate surface area is 148 Å². The van der Waals surface area contributed by atoms with Gasteiger partial charge in [-0.25, -0.2) is 4.79 Å². The van der Waals surface area contributed by atoms with E-state index in [1.165, 1.54) is 33.4 Å². The Balaban J connectivity index is 1.79. The molecule has 8 nitrogen and oxygen atoms in total. The summed E-state index contributed by atoms with van der Waals surface area (Å²) in [6, 6.07) is 11.2. The number of nitro groups is 1. The minimum atomic E-state index is -0.489.